The summed E-state index contributed by atoms with van der Waals surface area (Å²) in [4.78, 5) is 27.5. The van der Waals surface area contributed by atoms with Gasteiger partial charge < -0.3 is 10.5 Å². The summed E-state index contributed by atoms with van der Waals surface area (Å²) in [5.74, 6) is 7.50. The van der Waals surface area contributed by atoms with Gasteiger partial charge in [-0.25, -0.2) is 19.9 Å². The first-order chi connectivity index (χ1) is 18.5. The molecule has 9 nitrogen and oxygen atoms in total. The van der Waals surface area contributed by atoms with E-state index in [1.54, 1.807) is 30.3 Å². The van der Waals surface area contributed by atoms with Gasteiger partial charge in [-0.1, -0.05) is 41.0 Å². The summed E-state index contributed by atoms with van der Waals surface area (Å²) < 4.78 is 7.40. The van der Waals surface area contributed by atoms with Gasteiger partial charge in [-0.2, -0.15) is 5.10 Å². The maximum absolute atomic E-state index is 8.58. The number of carbonyl (C=O) groups excluding carboxylic acids is 1. The number of nitrogens with zero attached hydrogens (tertiary/aromatic N) is 6. The van der Waals surface area contributed by atoms with E-state index in [1.807, 2.05) is 31.4 Å². The number of pyridine rings is 1. The Morgan fingerprint density at radius 3 is 2.66 bits per heavy atom. The molecular weight excluding hydrogens is 522 g/mol. The third-order valence-corrected chi connectivity index (χ3v) is 6.89. The summed E-state index contributed by atoms with van der Waals surface area (Å²) in [7, 11) is 3.52. The number of thiazole rings is 1. The van der Waals surface area contributed by atoms with Crippen LogP contribution in [0.15, 0.2) is 48.9 Å². The van der Waals surface area contributed by atoms with E-state index in [4.69, 9.17) is 31.1 Å². The number of aromatic nitrogens is 6. The Balaban J connectivity index is 0.000000937. The van der Waals surface area contributed by atoms with E-state index in [-0.39, 0.29) is 6.41 Å². The zero-order chi connectivity index (χ0) is 26.6. The SMILES string of the molecule is COc1cnc(Cl)cc1-c1cc(-c2ccn(C)n2)ccc1-c1nc2ncc(C#CC3CC3)nc2s1.NC=O. The minimum Gasteiger partial charge on any atom is -0.494 e. The number of methoxy groups -OCH3 is 1. The summed E-state index contributed by atoms with van der Waals surface area (Å²) in [6, 6.07) is 9.93. The van der Waals surface area contributed by atoms with Crippen molar-refractivity contribution < 1.29 is 9.53 Å². The third-order valence-electron chi connectivity index (χ3n) is 5.71. The summed E-state index contributed by atoms with van der Waals surface area (Å²) in [5, 5.41) is 5.73. The fourth-order valence-corrected chi connectivity index (χ4v) is 4.87. The topological polar surface area (TPSA) is 122 Å². The molecule has 1 fully saturated rings. The Bertz CT molecular complexity index is 1700. The van der Waals surface area contributed by atoms with Crippen LogP contribution in [0.5, 0.6) is 5.75 Å². The maximum atomic E-state index is 8.58. The molecule has 0 radical (unpaired) electrons. The van der Waals surface area contributed by atoms with Crippen LogP contribution >= 0.6 is 22.9 Å². The van der Waals surface area contributed by atoms with Gasteiger partial charge in [0, 0.05) is 35.9 Å². The number of hydrogen-bond acceptors (Lipinski definition) is 8. The molecule has 0 saturated heterocycles. The lowest BCUT2D eigenvalue weighted by atomic mass is 9.96. The average Bonchev–Trinajstić information content (AvgIpc) is 3.50. The Kier molecular flexibility index (Phi) is 7.31. The zero-order valence-corrected chi connectivity index (χ0v) is 22.1. The van der Waals surface area contributed by atoms with Crippen molar-refractivity contribution in [1.29, 1.82) is 0 Å². The van der Waals surface area contributed by atoms with Crippen molar-refractivity contribution in [2.24, 2.45) is 18.7 Å². The summed E-state index contributed by atoms with van der Waals surface area (Å²) in [5.41, 5.74) is 9.91. The molecule has 0 atom stereocenters. The fraction of sp³-hybridized carbons (Fsp3) is 0.185. The first-order valence-corrected chi connectivity index (χ1v) is 12.8. The van der Waals surface area contributed by atoms with Crippen LogP contribution in [0.25, 0.3) is 43.4 Å². The van der Waals surface area contributed by atoms with Crippen molar-refractivity contribution in [2.75, 3.05) is 7.11 Å². The average molecular weight is 544 g/mol. The first kappa shape index (κ1) is 25.3. The Morgan fingerprint density at radius 1 is 1.13 bits per heavy atom. The third kappa shape index (κ3) is 5.49. The standard InChI is InChI=1S/C26H19ClN6OS.CH3NO/c1-33-10-9-21(32-33)16-6-8-18(19(11-16)20-12-23(27)28-14-22(20)34-2)25-31-24-26(35-25)30-17(13-29-24)7-5-15-3-4-15;2-1-3/h6,8-15H,3-4H2,1-2H3;1H,(H2,2,3). The molecule has 1 saturated carbocycles. The second-order valence-electron chi connectivity index (χ2n) is 8.43. The second kappa shape index (κ2) is 11.0. The molecule has 190 valence electrons. The van der Waals surface area contributed by atoms with Gasteiger partial charge in [-0.05, 0) is 42.5 Å². The molecule has 38 heavy (non-hydrogen) atoms. The van der Waals surface area contributed by atoms with Gasteiger partial charge in [-0.15, -0.1) is 0 Å². The molecule has 1 amide bonds. The van der Waals surface area contributed by atoms with Crippen LogP contribution in [0.1, 0.15) is 18.5 Å². The Hall–Kier alpha value is -4.33. The number of nitrogens with two attached hydrogens (primary N) is 1. The molecule has 1 aliphatic carbocycles. The van der Waals surface area contributed by atoms with E-state index >= 15 is 0 Å². The number of hydrogen-bond donors (Lipinski definition) is 1. The normalized spacial score (nSPS) is 12.3. The number of carbonyl (C=O) groups is 1. The van der Waals surface area contributed by atoms with Crippen molar-refractivity contribution >= 4 is 39.8 Å². The van der Waals surface area contributed by atoms with E-state index < -0.39 is 0 Å². The molecular formula is C27H22ClN7O2S. The number of rotatable bonds is 4. The maximum Gasteiger partial charge on any atom is 0.204 e. The Labute approximate surface area is 227 Å². The summed E-state index contributed by atoms with van der Waals surface area (Å²) >= 11 is 7.78. The van der Waals surface area contributed by atoms with E-state index in [2.05, 4.69) is 38.7 Å². The highest BCUT2D eigenvalue weighted by Crippen LogP contribution is 2.41. The van der Waals surface area contributed by atoms with E-state index in [1.165, 1.54) is 24.2 Å². The molecule has 4 heterocycles. The van der Waals surface area contributed by atoms with E-state index in [0.29, 0.717) is 28.2 Å². The van der Waals surface area contributed by atoms with Crippen LogP contribution in [0.3, 0.4) is 0 Å². The van der Waals surface area contributed by atoms with Gasteiger partial charge in [0.1, 0.15) is 21.6 Å². The molecule has 11 heteroatoms. The first-order valence-electron chi connectivity index (χ1n) is 11.6. The highest BCUT2D eigenvalue weighted by Gasteiger charge is 2.20. The Morgan fingerprint density at radius 2 is 1.95 bits per heavy atom. The van der Waals surface area contributed by atoms with Gasteiger partial charge >= 0.3 is 0 Å². The summed E-state index contributed by atoms with van der Waals surface area (Å²) in [6.07, 6.45) is 7.83. The number of fused-ring (bicyclic) bond motifs is 1. The van der Waals surface area contributed by atoms with Crippen LogP contribution in [-0.2, 0) is 11.8 Å². The minimum absolute atomic E-state index is 0.250. The number of primary amides is 1. The molecule has 1 aliphatic rings. The molecule has 6 rings (SSSR count). The van der Waals surface area contributed by atoms with Gasteiger partial charge in [0.25, 0.3) is 0 Å². The quantitative estimate of drug-likeness (QED) is 0.197. The minimum atomic E-state index is 0.250. The molecule has 2 N–H and O–H groups in total. The molecule has 0 spiro atoms. The fourth-order valence-electron chi connectivity index (χ4n) is 3.77. The zero-order valence-electron chi connectivity index (χ0n) is 20.6. The molecule has 0 unspecified atom stereocenters. The number of ether oxygens (including phenoxy) is 1. The van der Waals surface area contributed by atoms with Crippen molar-refractivity contribution in [3.63, 3.8) is 0 Å². The lowest BCUT2D eigenvalue weighted by Crippen LogP contribution is -1.94. The predicted molar refractivity (Wildman–Crippen MR) is 147 cm³/mol. The van der Waals surface area contributed by atoms with Crippen molar-refractivity contribution in [3.8, 4) is 50.5 Å². The van der Waals surface area contributed by atoms with Crippen LogP contribution in [0, 0.1) is 17.8 Å². The smallest absolute Gasteiger partial charge is 0.204 e. The van der Waals surface area contributed by atoms with Crippen LogP contribution in [0.2, 0.25) is 5.15 Å². The van der Waals surface area contributed by atoms with Gasteiger partial charge in [-0.3, -0.25) is 9.48 Å². The largest absolute Gasteiger partial charge is 0.494 e. The number of benzene rings is 1. The van der Waals surface area contributed by atoms with Crippen LogP contribution in [0.4, 0.5) is 0 Å². The second-order valence-corrected chi connectivity index (χ2v) is 9.79. The van der Waals surface area contributed by atoms with Gasteiger partial charge in [0.2, 0.25) is 6.41 Å². The van der Waals surface area contributed by atoms with Crippen LogP contribution in [-0.4, -0.2) is 43.2 Å². The van der Waals surface area contributed by atoms with E-state index in [0.717, 1.165) is 37.8 Å². The highest BCUT2D eigenvalue weighted by molar-refractivity contribution is 7.21. The highest BCUT2D eigenvalue weighted by atomic mass is 35.5. The van der Waals surface area contributed by atoms with E-state index in [9.17, 15) is 0 Å². The van der Waals surface area contributed by atoms with Crippen LogP contribution < -0.4 is 10.5 Å². The van der Waals surface area contributed by atoms with Gasteiger partial charge in [0.15, 0.2) is 10.5 Å². The predicted octanol–water partition coefficient (Wildman–Crippen LogP) is 4.74. The van der Waals surface area contributed by atoms with Crippen molar-refractivity contribution in [1.82, 2.24) is 29.7 Å². The lowest BCUT2D eigenvalue weighted by molar-refractivity contribution is -0.106. The number of halogens is 1. The summed E-state index contributed by atoms with van der Waals surface area (Å²) in [6.45, 7) is 0. The molecule has 5 aromatic rings. The number of amides is 1. The molecule has 1 aromatic carbocycles. The molecule has 4 aromatic heterocycles. The monoisotopic (exact) mass is 543 g/mol. The van der Waals surface area contributed by atoms with Crippen molar-refractivity contribution in [2.45, 2.75) is 12.8 Å². The number of aryl methyl sites for hydroxylation is 1. The lowest BCUT2D eigenvalue weighted by Gasteiger charge is -2.13. The van der Waals surface area contributed by atoms with Gasteiger partial charge in [0.05, 0.1) is 25.2 Å². The molecule has 0 aliphatic heterocycles. The molecule has 0 bridgehead atoms. The van der Waals surface area contributed by atoms with Crippen molar-refractivity contribution in [3.05, 3.63) is 59.8 Å².